The molecule has 0 radical (unpaired) electrons. The van der Waals surface area contributed by atoms with Gasteiger partial charge in [-0.05, 0) is 30.5 Å². The molecule has 1 saturated heterocycles. The van der Waals surface area contributed by atoms with Gasteiger partial charge >= 0.3 is 0 Å². The Morgan fingerprint density at radius 3 is 2.31 bits per heavy atom. The highest BCUT2D eigenvalue weighted by atomic mass is 16.2. The van der Waals surface area contributed by atoms with E-state index in [4.69, 9.17) is 5.26 Å². The van der Waals surface area contributed by atoms with Gasteiger partial charge in [0.2, 0.25) is 5.91 Å². The second kappa shape index (κ2) is 9.16. The molecule has 0 atom stereocenters. The molecule has 0 aromatic heterocycles. The minimum absolute atomic E-state index is 0.275. The number of nitrogens with zero attached hydrogens (tertiary/aromatic N) is 4. The number of hydrogen-bond acceptors (Lipinski definition) is 4. The summed E-state index contributed by atoms with van der Waals surface area (Å²) in [5, 5.41) is 8.88. The van der Waals surface area contributed by atoms with Crippen LogP contribution >= 0.6 is 0 Å². The zero-order valence-electron chi connectivity index (χ0n) is 15.9. The van der Waals surface area contributed by atoms with E-state index in [-0.39, 0.29) is 5.91 Å². The molecule has 0 bridgehead atoms. The SMILES string of the molecule is CN(C(=O)CN1CCN(Cc2ccc(C#N)cc2)CC1)C1CCCCC1. The Morgan fingerprint density at radius 2 is 1.69 bits per heavy atom. The fraction of sp³-hybridized carbons (Fsp3) is 0.619. The van der Waals surface area contributed by atoms with E-state index in [2.05, 4.69) is 15.9 Å². The van der Waals surface area contributed by atoms with Crippen molar-refractivity contribution in [2.45, 2.75) is 44.7 Å². The lowest BCUT2D eigenvalue weighted by Crippen LogP contribution is -2.50. The molecule has 1 amide bonds. The van der Waals surface area contributed by atoms with Gasteiger partial charge in [-0.1, -0.05) is 31.4 Å². The predicted octanol–water partition coefficient (Wildman–Crippen LogP) is 2.47. The van der Waals surface area contributed by atoms with Crippen molar-refractivity contribution in [3.8, 4) is 6.07 Å². The summed E-state index contributed by atoms with van der Waals surface area (Å²) >= 11 is 0. The Labute approximate surface area is 157 Å². The van der Waals surface area contributed by atoms with Crippen LogP contribution in [-0.4, -0.2) is 66.4 Å². The maximum absolute atomic E-state index is 12.6. The minimum Gasteiger partial charge on any atom is -0.342 e. The third-order valence-electron chi connectivity index (χ3n) is 5.83. The van der Waals surface area contributed by atoms with E-state index in [1.165, 1.54) is 37.7 Å². The van der Waals surface area contributed by atoms with Crippen LogP contribution in [-0.2, 0) is 11.3 Å². The van der Waals surface area contributed by atoms with Crippen LogP contribution in [0.1, 0.15) is 43.2 Å². The molecule has 1 aromatic carbocycles. The van der Waals surface area contributed by atoms with Gasteiger partial charge in [0.1, 0.15) is 0 Å². The van der Waals surface area contributed by atoms with E-state index in [1.807, 2.05) is 36.2 Å². The van der Waals surface area contributed by atoms with E-state index in [0.717, 1.165) is 32.7 Å². The minimum atomic E-state index is 0.275. The summed E-state index contributed by atoms with van der Waals surface area (Å²) in [5.74, 6) is 0.275. The lowest BCUT2D eigenvalue weighted by atomic mass is 9.94. The molecule has 1 aliphatic carbocycles. The highest BCUT2D eigenvalue weighted by molar-refractivity contribution is 5.78. The van der Waals surface area contributed by atoms with Gasteiger partial charge in [-0.25, -0.2) is 0 Å². The third-order valence-corrected chi connectivity index (χ3v) is 5.83. The first-order valence-corrected chi connectivity index (χ1v) is 9.85. The number of rotatable bonds is 5. The molecule has 140 valence electrons. The zero-order chi connectivity index (χ0) is 18.4. The van der Waals surface area contributed by atoms with Gasteiger partial charge in [-0.3, -0.25) is 14.6 Å². The second-order valence-corrected chi connectivity index (χ2v) is 7.66. The Hall–Kier alpha value is -1.90. The van der Waals surface area contributed by atoms with Crippen LogP contribution in [0.5, 0.6) is 0 Å². The number of nitriles is 1. The van der Waals surface area contributed by atoms with Crippen LogP contribution in [0.3, 0.4) is 0 Å². The smallest absolute Gasteiger partial charge is 0.236 e. The predicted molar refractivity (Wildman–Crippen MR) is 103 cm³/mol. The summed E-state index contributed by atoms with van der Waals surface area (Å²) in [7, 11) is 1.99. The average molecular weight is 354 g/mol. The second-order valence-electron chi connectivity index (χ2n) is 7.66. The quantitative estimate of drug-likeness (QED) is 0.815. The highest BCUT2D eigenvalue weighted by Gasteiger charge is 2.25. The molecule has 2 aliphatic rings. The van der Waals surface area contributed by atoms with Gasteiger partial charge in [0.05, 0.1) is 18.2 Å². The molecule has 26 heavy (non-hydrogen) atoms. The molecule has 0 unspecified atom stereocenters. The molecular formula is C21H30N4O. The number of amides is 1. The van der Waals surface area contributed by atoms with Crippen molar-refractivity contribution >= 4 is 5.91 Å². The van der Waals surface area contributed by atoms with E-state index < -0.39 is 0 Å². The van der Waals surface area contributed by atoms with Gasteiger partial charge in [-0.15, -0.1) is 0 Å². The fourth-order valence-corrected chi connectivity index (χ4v) is 4.02. The number of hydrogen-bond donors (Lipinski definition) is 0. The molecule has 5 heteroatoms. The highest BCUT2D eigenvalue weighted by Crippen LogP contribution is 2.21. The topological polar surface area (TPSA) is 50.6 Å². The van der Waals surface area contributed by atoms with Gasteiger partial charge < -0.3 is 4.90 Å². The van der Waals surface area contributed by atoms with Crippen molar-refractivity contribution in [2.24, 2.45) is 0 Å². The molecule has 0 spiro atoms. The lowest BCUT2D eigenvalue weighted by molar-refractivity contribution is -0.134. The number of benzene rings is 1. The summed E-state index contributed by atoms with van der Waals surface area (Å²) in [6.45, 7) is 5.33. The monoisotopic (exact) mass is 354 g/mol. The van der Waals surface area contributed by atoms with Crippen LogP contribution in [0.15, 0.2) is 24.3 Å². The van der Waals surface area contributed by atoms with Crippen LogP contribution in [0.4, 0.5) is 0 Å². The molecule has 3 rings (SSSR count). The van der Waals surface area contributed by atoms with Crippen molar-refractivity contribution in [2.75, 3.05) is 39.8 Å². The van der Waals surface area contributed by atoms with Crippen LogP contribution in [0.25, 0.3) is 0 Å². The molecular weight excluding hydrogens is 324 g/mol. The van der Waals surface area contributed by atoms with Crippen LogP contribution in [0, 0.1) is 11.3 Å². The maximum atomic E-state index is 12.6. The fourth-order valence-electron chi connectivity index (χ4n) is 4.02. The standard InChI is InChI=1S/C21H30N4O/c1-23(20-5-3-2-4-6-20)21(26)17-25-13-11-24(12-14-25)16-19-9-7-18(15-22)8-10-19/h7-10,20H,2-6,11-14,16-17H2,1H3. The van der Waals surface area contributed by atoms with Crippen molar-refractivity contribution in [3.05, 3.63) is 35.4 Å². The third kappa shape index (κ3) is 5.06. The largest absolute Gasteiger partial charge is 0.342 e. The normalized spacial score (nSPS) is 19.8. The average Bonchev–Trinajstić information content (AvgIpc) is 2.70. The molecule has 1 saturated carbocycles. The summed E-state index contributed by atoms with van der Waals surface area (Å²) in [4.78, 5) is 19.3. The lowest BCUT2D eigenvalue weighted by Gasteiger charge is -2.37. The molecule has 1 aromatic rings. The summed E-state index contributed by atoms with van der Waals surface area (Å²) < 4.78 is 0. The van der Waals surface area contributed by atoms with Gasteiger partial charge in [0, 0.05) is 45.8 Å². The zero-order valence-corrected chi connectivity index (χ0v) is 15.9. The summed E-state index contributed by atoms with van der Waals surface area (Å²) in [5.41, 5.74) is 1.95. The summed E-state index contributed by atoms with van der Waals surface area (Å²) in [6, 6.07) is 10.4. The van der Waals surface area contributed by atoms with Crippen molar-refractivity contribution in [1.82, 2.24) is 14.7 Å². The van der Waals surface area contributed by atoms with Crippen molar-refractivity contribution in [1.29, 1.82) is 5.26 Å². The van der Waals surface area contributed by atoms with E-state index in [1.54, 1.807) is 0 Å². The Balaban J connectivity index is 1.41. The number of piperazine rings is 1. The van der Waals surface area contributed by atoms with Crippen LogP contribution in [0.2, 0.25) is 0 Å². The molecule has 1 heterocycles. The Bertz CT molecular complexity index is 622. The van der Waals surface area contributed by atoms with Crippen LogP contribution < -0.4 is 0 Å². The first-order valence-electron chi connectivity index (χ1n) is 9.85. The maximum Gasteiger partial charge on any atom is 0.236 e. The Kier molecular flexibility index (Phi) is 6.65. The molecule has 2 fully saturated rings. The number of carbonyl (C=O) groups excluding carboxylic acids is 1. The van der Waals surface area contributed by atoms with E-state index >= 15 is 0 Å². The molecule has 1 aliphatic heterocycles. The van der Waals surface area contributed by atoms with Crippen molar-refractivity contribution < 1.29 is 4.79 Å². The number of likely N-dealkylation sites (N-methyl/N-ethyl adjacent to an activating group) is 1. The number of carbonyl (C=O) groups is 1. The van der Waals surface area contributed by atoms with Crippen molar-refractivity contribution in [3.63, 3.8) is 0 Å². The first-order chi connectivity index (χ1) is 12.7. The van der Waals surface area contributed by atoms with Gasteiger partial charge in [-0.2, -0.15) is 5.26 Å². The van der Waals surface area contributed by atoms with E-state index in [9.17, 15) is 4.79 Å². The van der Waals surface area contributed by atoms with E-state index in [0.29, 0.717) is 18.2 Å². The van der Waals surface area contributed by atoms with Gasteiger partial charge in [0.25, 0.3) is 0 Å². The summed E-state index contributed by atoms with van der Waals surface area (Å²) in [6.07, 6.45) is 6.17. The van der Waals surface area contributed by atoms with Gasteiger partial charge in [0.15, 0.2) is 0 Å². The first kappa shape index (κ1) is 18.9. The molecule has 5 nitrogen and oxygen atoms in total. The Morgan fingerprint density at radius 1 is 1.08 bits per heavy atom. The molecule has 0 N–H and O–H groups in total.